The minimum atomic E-state index is -0.569. The van der Waals surface area contributed by atoms with Gasteiger partial charge in [0.15, 0.2) is 6.10 Å². The van der Waals surface area contributed by atoms with Gasteiger partial charge in [-0.25, -0.2) is 0 Å². The number of halogens is 2. The van der Waals surface area contributed by atoms with Crippen LogP contribution in [0.4, 0.5) is 0 Å². The maximum Gasteiger partial charge on any atom is 0.263 e. The predicted molar refractivity (Wildman–Crippen MR) is 104 cm³/mol. The zero-order chi connectivity index (χ0) is 16.5. The van der Waals surface area contributed by atoms with E-state index in [1.807, 2.05) is 30.3 Å². The molecule has 138 valence electrons. The zero-order valence-corrected chi connectivity index (χ0v) is 15.8. The Balaban J connectivity index is 0.00000288. The summed E-state index contributed by atoms with van der Waals surface area (Å²) in [7, 11) is 0. The molecule has 0 aliphatic heterocycles. The first-order valence-corrected chi connectivity index (χ1v) is 7.80. The molecule has 2 aromatic rings. The lowest BCUT2D eigenvalue weighted by atomic mass is 10.2. The van der Waals surface area contributed by atoms with E-state index in [0.29, 0.717) is 25.4 Å². The average molecular weight is 386 g/mol. The second-order valence-corrected chi connectivity index (χ2v) is 5.34. The van der Waals surface area contributed by atoms with Gasteiger partial charge >= 0.3 is 0 Å². The highest BCUT2D eigenvalue weighted by Gasteiger charge is 2.22. The molecule has 1 aromatic heterocycles. The normalized spacial score (nSPS) is 10.8. The van der Waals surface area contributed by atoms with Crippen molar-refractivity contribution < 1.29 is 9.53 Å². The van der Waals surface area contributed by atoms with Crippen molar-refractivity contribution in [1.82, 2.24) is 9.88 Å². The van der Waals surface area contributed by atoms with Crippen molar-refractivity contribution in [2.75, 3.05) is 13.1 Å². The maximum atomic E-state index is 12.7. The molecule has 0 aliphatic rings. The van der Waals surface area contributed by atoms with E-state index in [2.05, 4.69) is 4.98 Å². The van der Waals surface area contributed by atoms with Crippen molar-refractivity contribution in [3.8, 4) is 5.75 Å². The Hall–Kier alpha value is -1.82. The molecule has 7 heteroatoms. The average Bonchev–Trinajstić information content (AvgIpc) is 2.59. The number of benzene rings is 1. The third kappa shape index (κ3) is 7.73. The second kappa shape index (κ2) is 12.5. The summed E-state index contributed by atoms with van der Waals surface area (Å²) in [4.78, 5) is 18.5. The third-order valence-corrected chi connectivity index (χ3v) is 3.46. The Morgan fingerprint density at radius 2 is 1.92 bits per heavy atom. The summed E-state index contributed by atoms with van der Waals surface area (Å²) in [5.74, 6) is 0.540. The van der Waals surface area contributed by atoms with Crippen LogP contribution in [0.5, 0.6) is 5.75 Å². The molecule has 1 atom stereocenters. The molecular weight excluding hydrogens is 361 g/mol. The first-order chi connectivity index (χ1) is 11.2. The fraction of sp³-hybridized carbons (Fsp3) is 0.333. The smallest absolute Gasteiger partial charge is 0.263 e. The minimum Gasteiger partial charge on any atom is -0.479 e. The molecule has 1 unspecified atom stereocenters. The molecule has 0 radical (unpaired) electrons. The summed E-state index contributed by atoms with van der Waals surface area (Å²) in [5.41, 5.74) is 6.68. The van der Waals surface area contributed by atoms with Crippen LogP contribution in [0.3, 0.4) is 0 Å². The highest BCUT2D eigenvalue weighted by molar-refractivity contribution is 5.85. The van der Waals surface area contributed by atoms with Crippen LogP contribution in [0.2, 0.25) is 0 Å². The van der Waals surface area contributed by atoms with Crippen molar-refractivity contribution in [2.45, 2.75) is 26.0 Å². The predicted octanol–water partition coefficient (Wildman–Crippen LogP) is 3.07. The molecule has 1 aromatic carbocycles. The van der Waals surface area contributed by atoms with Gasteiger partial charge in [0.25, 0.3) is 5.91 Å². The summed E-state index contributed by atoms with van der Waals surface area (Å²) >= 11 is 0. The van der Waals surface area contributed by atoms with Crippen LogP contribution in [0.1, 0.15) is 18.9 Å². The van der Waals surface area contributed by atoms with Crippen LogP contribution < -0.4 is 10.5 Å². The number of nitrogens with zero attached hydrogens (tertiary/aromatic N) is 2. The maximum absolute atomic E-state index is 12.7. The van der Waals surface area contributed by atoms with Crippen LogP contribution in [0, 0.1) is 0 Å². The Kier molecular flexibility index (Phi) is 11.6. The number of hydrogen-bond acceptors (Lipinski definition) is 4. The van der Waals surface area contributed by atoms with Crippen molar-refractivity contribution in [1.29, 1.82) is 0 Å². The number of carbonyl (C=O) groups excluding carboxylic acids is 1. The lowest BCUT2D eigenvalue weighted by Gasteiger charge is -2.26. The van der Waals surface area contributed by atoms with E-state index in [9.17, 15) is 4.79 Å². The fourth-order valence-electron chi connectivity index (χ4n) is 2.28. The lowest BCUT2D eigenvalue weighted by Crippen LogP contribution is -2.41. The molecule has 0 spiro atoms. The number of aromatic nitrogens is 1. The number of nitrogens with two attached hydrogens (primary N) is 1. The first kappa shape index (κ1) is 23.2. The monoisotopic (exact) mass is 385 g/mol. The molecule has 0 saturated heterocycles. The molecule has 25 heavy (non-hydrogen) atoms. The summed E-state index contributed by atoms with van der Waals surface area (Å²) in [6.07, 6.45) is 3.46. The fourth-order valence-corrected chi connectivity index (χ4v) is 2.28. The molecule has 2 rings (SSSR count). The molecule has 0 bridgehead atoms. The Morgan fingerprint density at radius 1 is 1.20 bits per heavy atom. The van der Waals surface area contributed by atoms with Crippen LogP contribution in [0.15, 0.2) is 54.9 Å². The standard InChI is InChI=1S/C18H23N3O2.2ClH/c1-15(23-17-9-5-11-20-13-17)18(22)21(12-6-10-19)14-16-7-3-2-4-8-16;;/h2-5,7-9,11,13,15H,6,10,12,14,19H2,1H3;2*1H. The van der Waals surface area contributed by atoms with Crippen molar-refractivity contribution in [3.05, 3.63) is 60.4 Å². The number of ether oxygens (including phenoxy) is 1. The van der Waals surface area contributed by atoms with Gasteiger partial charge in [-0.15, -0.1) is 24.8 Å². The van der Waals surface area contributed by atoms with E-state index in [4.69, 9.17) is 10.5 Å². The largest absolute Gasteiger partial charge is 0.479 e. The van der Waals surface area contributed by atoms with Crippen molar-refractivity contribution >= 4 is 30.7 Å². The molecular formula is C18H25Cl2N3O2. The van der Waals surface area contributed by atoms with Gasteiger partial charge in [0.2, 0.25) is 0 Å². The molecule has 2 N–H and O–H groups in total. The second-order valence-electron chi connectivity index (χ2n) is 5.34. The van der Waals surface area contributed by atoms with Crippen LogP contribution in [-0.2, 0) is 11.3 Å². The highest BCUT2D eigenvalue weighted by Crippen LogP contribution is 2.13. The minimum absolute atomic E-state index is 0. The third-order valence-electron chi connectivity index (χ3n) is 3.46. The van der Waals surface area contributed by atoms with Gasteiger partial charge in [-0.3, -0.25) is 9.78 Å². The Labute approximate surface area is 161 Å². The Morgan fingerprint density at radius 3 is 2.52 bits per heavy atom. The van der Waals surface area contributed by atoms with E-state index in [0.717, 1.165) is 12.0 Å². The van der Waals surface area contributed by atoms with Gasteiger partial charge in [-0.1, -0.05) is 30.3 Å². The number of hydrogen-bond donors (Lipinski definition) is 1. The van der Waals surface area contributed by atoms with Crippen LogP contribution in [0.25, 0.3) is 0 Å². The molecule has 1 heterocycles. The summed E-state index contributed by atoms with van der Waals surface area (Å²) in [6.45, 7) is 3.48. The lowest BCUT2D eigenvalue weighted by molar-refractivity contribution is -0.138. The van der Waals surface area contributed by atoms with Gasteiger partial charge in [0.05, 0.1) is 6.20 Å². The van der Waals surface area contributed by atoms with E-state index in [-0.39, 0.29) is 30.7 Å². The topological polar surface area (TPSA) is 68.5 Å². The van der Waals surface area contributed by atoms with E-state index < -0.39 is 6.10 Å². The van der Waals surface area contributed by atoms with E-state index >= 15 is 0 Å². The molecule has 5 nitrogen and oxygen atoms in total. The highest BCUT2D eigenvalue weighted by atomic mass is 35.5. The zero-order valence-electron chi connectivity index (χ0n) is 14.2. The van der Waals surface area contributed by atoms with Gasteiger partial charge in [0.1, 0.15) is 5.75 Å². The van der Waals surface area contributed by atoms with Crippen molar-refractivity contribution in [3.63, 3.8) is 0 Å². The number of amides is 1. The van der Waals surface area contributed by atoms with Crippen LogP contribution >= 0.6 is 24.8 Å². The molecule has 0 fully saturated rings. The van der Waals surface area contributed by atoms with Gasteiger partial charge < -0.3 is 15.4 Å². The molecule has 0 aliphatic carbocycles. The Bertz CT molecular complexity index is 600. The van der Waals surface area contributed by atoms with Gasteiger partial charge in [-0.2, -0.15) is 0 Å². The number of rotatable bonds is 8. The first-order valence-electron chi connectivity index (χ1n) is 7.80. The summed E-state index contributed by atoms with van der Waals surface area (Å²) in [6, 6.07) is 13.5. The SMILES string of the molecule is CC(Oc1cccnc1)C(=O)N(CCCN)Cc1ccccc1.Cl.Cl. The van der Waals surface area contributed by atoms with Crippen molar-refractivity contribution in [2.24, 2.45) is 5.73 Å². The summed E-state index contributed by atoms with van der Waals surface area (Å²) < 4.78 is 5.69. The van der Waals surface area contributed by atoms with Gasteiger partial charge in [-0.05, 0) is 37.6 Å². The van der Waals surface area contributed by atoms with Gasteiger partial charge in [0, 0.05) is 19.3 Å². The summed E-state index contributed by atoms with van der Waals surface area (Å²) in [5, 5.41) is 0. The number of pyridine rings is 1. The molecule has 0 saturated carbocycles. The number of carbonyl (C=O) groups is 1. The van der Waals surface area contributed by atoms with E-state index in [1.165, 1.54) is 0 Å². The van der Waals surface area contributed by atoms with E-state index in [1.54, 1.807) is 36.4 Å². The molecule has 1 amide bonds. The van der Waals surface area contributed by atoms with Crippen LogP contribution in [-0.4, -0.2) is 35.0 Å². The quantitative estimate of drug-likeness (QED) is 0.757.